The molecule has 122 valence electrons. The number of oxime groups is 1. The lowest BCUT2D eigenvalue weighted by molar-refractivity contribution is -0.134. The van der Waals surface area contributed by atoms with Crippen molar-refractivity contribution in [1.82, 2.24) is 0 Å². The van der Waals surface area contributed by atoms with Crippen LogP contribution in [0.3, 0.4) is 0 Å². The second-order valence-corrected chi connectivity index (χ2v) is 4.77. The second kappa shape index (κ2) is 8.39. The van der Waals surface area contributed by atoms with Crippen LogP contribution in [0, 0.1) is 18.8 Å². The lowest BCUT2D eigenvalue weighted by Crippen LogP contribution is -2.23. The molecule has 24 heavy (non-hydrogen) atoms. The van der Waals surface area contributed by atoms with E-state index in [9.17, 15) is 4.79 Å². The summed E-state index contributed by atoms with van der Waals surface area (Å²) in [7, 11) is 2.56. The Kier molecular flexibility index (Phi) is 5.98. The first-order chi connectivity index (χ1) is 11.6. The number of benzene rings is 2. The Morgan fingerprint density at radius 3 is 2.38 bits per heavy atom. The Balaban J connectivity index is 2.27. The van der Waals surface area contributed by atoms with Crippen LogP contribution < -0.4 is 4.74 Å². The highest BCUT2D eigenvalue weighted by atomic mass is 16.6. The van der Waals surface area contributed by atoms with Gasteiger partial charge in [0.05, 0.1) is 7.11 Å². The number of carbonyl (C=O) groups is 1. The normalized spacial score (nSPS) is 10.4. The van der Waals surface area contributed by atoms with Crippen LogP contribution in [-0.4, -0.2) is 26.1 Å². The lowest BCUT2D eigenvalue weighted by atomic mass is 10.1. The molecule has 0 saturated carbocycles. The molecule has 0 aromatic heterocycles. The largest absolute Gasteiger partial charge is 0.462 e. The van der Waals surface area contributed by atoms with Crippen molar-refractivity contribution in [1.29, 1.82) is 0 Å². The van der Waals surface area contributed by atoms with Crippen molar-refractivity contribution in [3.05, 3.63) is 65.2 Å². The Labute approximate surface area is 140 Å². The summed E-state index contributed by atoms with van der Waals surface area (Å²) in [5.74, 6) is 5.58. The minimum Gasteiger partial charge on any atom is -0.462 e. The summed E-state index contributed by atoms with van der Waals surface area (Å²) in [6.07, 6.45) is 0. The van der Waals surface area contributed by atoms with E-state index in [1.807, 2.05) is 49.4 Å². The number of nitrogens with zero attached hydrogens (tertiary/aromatic N) is 1. The molecule has 2 aromatic rings. The van der Waals surface area contributed by atoms with E-state index in [2.05, 4.69) is 26.6 Å². The summed E-state index contributed by atoms with van der Waals surface area (Å²) < 4.78 is 10.1. The van der Waals surface area contributed by atoms with Crippen LogP contribution in [0.5, 0.6) is 5.75 Å². The summed E-state index contributed by atoms with van der Waals surface area (Å²) in [5, 5.41) is 3.54. The summed E-state index contributed by atoms with van der Waals surface area (Å²) in [6, 6.07) is 15.1. The molecule has 2 aromatic carbocycles. The Morgan fingerprint density at radius 2 is 1.71 bits per heavy atom. The number of ether oxygens (including phenoxy) is 2. The predicted molar refractivity (Wildman–Crippen MR) is 90.7 cm³/mol. The van der Waals surface area contributed by atoms with Gasteiger partial charge in [-0.3, -0.25) is 0 Å². The fourth-order valence-corrected chi connectivity index (χ4v) is 1.83. The van der Waals surface area contributed by atoms with E-state index < -0.39 is 5.97 Å². The third-order valence-electron chi connectivity index (χ3n) is 3.05. The maximum absolute atomic E-state index is 11.6. The molecular formula is C19H17NO4. The predicted octanol–water partition coefficient (Wildman–Crippen LogP) is 2.91. The van der Waals surface area contributed by atoms with Crippen molar-refractivity contribution in [2.45, 2.75) is 6.92 Å². The first-order valence-electron chi connectivity index (χ1n) is 7.19. The molecule has 0 atom stereocenters. The van der Waals surface area contributed by atoms with E-state index >= 15 is 0 Å². The molecule has 2 rings (SSSR count). The Morgan fingerprint density at radius 1 is 1.00 bits per heavy atom. The zero-order chi connectivity index (χ0) is 17.4. The fourth-order valence-electron chi connectivity index (χ4n) is 1.83. The van der Waals surface area contributed by atoms with Crippen molar-refractivity contribution in [2.75, 3.05) is 14.2 Å². The fraction of sp³-hybridized carbons (Fsp3) is 0.158. The third-order valence-corrected chi connectivity index (χ3v) is 3.05. The monoisotopic (exact) mass is 323 g/mol. The molecule has 0 heterocycles. The number of rotatable bonds is 2. The topological polar surface area (TPSA) is 57.1 Å². The number of aryl methyl sites for hydroxylation is 1. The van der Waals surface area contributed by atoms with E-state index in [0.29, 0.717) is 5.75 Å². The van der Waals surface area contributed by atoms with Gasteiger partial charge in [0, 0.05) is 11.1 Å². The molecule has 0 aliphatic carbocycles. The average molecular weight is 323 g/mol. The van der Waals surface area contributed by atoms with Gasteiger partial charge in [-0.15, -0.1) is 0 Å². The van der Waals surface area contributed by atoms with Gasteiger partial charge in [-0.2, -0.15) is 0 Å². The SMILES string of the molecule is CON=C(Oc1cc(C#Cc2ccccc2)ccc1C)C(=O)OC. The lowest BCUT2D eigenvalue weighted by Gasteiger charge is -2.09. The highest BCUT2D eigenvalue weighted by Crippen LogP contribution is 2.20. The molecule has 0 saturated heterocycles. The number of esters is 1. The zero-order valence-electron chi connectivity index (χ0n) is 13.7. The van der Waals surface area contributed by atoms with Crippen LogP contribution in [0.2, 0.25) is 0 Å². The van der Waals surface area contributed by atoms with Crippen molar-refractivity contribution < 1.29 is 19.1 Å². The van der Waals surface area contributed by atoms with Gasteiger partial charge in [0.2, 0.25) is 0 Å². The number of hydrogen-bond acceptors (Lipinski definition) is 5. The van der Waals surface area contributed by atoms with Crippen LogP contribution in [0.25, 0.3) is 0 Å². The number of carbonyl (C=O) groups excluding carboxylic acids is 1. The van der Waals surface area contributed by atoms with Crippen LogP contribution in [0.4, 0.5) is 0 Å². The summed E-state index contributed by atoms with van der Waals surface area (Å²) in [4.78, 5) is 16.2. The first kappa shape index (κ1) is 17.1. The van der Waals surface area contributed by atoms with Gasteiger partial charge >= 0.3 is 11.9 Å². The Bertz CT molecular complexity index is 801. The van der Waals surface area contributed by atoms with Crippen molar-refractivity contribution in [3.63, 3.8) is 0 Å². The average Bonchev–Trinajstić information content (AvgIpc) is 2.62. The van der Waals surface area contributed by atoms with Gasteiger partial charge < -0.3 is 14.3 Å². The molecule has 0 unspecified atom stereocenters. The van der Waals surface area contributed by atoms with Gasteiger partial charge in [0.15, 0.2) is 0 Å². The van der Waals surface area contributed by atoms with Crippen LogP contribution in [0.1, 0.15) is 16.7 Å². The standard InChI is InChI=1S/C19H17NO4/c1-14-9-10-16(12-11-15-7-5-4-6-8-15)13-17(14)24-18(20-23-3)19(21)22-2/h4-10,13H,1-3H3. The minimum atomic E-state index is -0.725. The van der Waals surface area contributed by atoms with E-state index in [1.165, 1.54) is 14.2 Å². The molecule has 0 bridgehead atoms. The summed E-state index contributed by atoms with van der Waals surface area (Å²) >= 11 is 0. The van der Waals surface area contributed by atoms with Crippen LogP contribution in [0.15, 0.2) is 53.7 Å². The molecule has 0 radical (unpaired) electrons. The van der Waals surface area contributed by atoms with Crippen molar-refractivity contribution in [2.24, 2.45) is 5.16 Å². The third kappa shape index (κ3) is 4.62. The summed E-state index contributed by atoms with van der Waals surface area (Å²) in [6.45, 7) is 1.85. The van der Waals surface area contributed by atoms with E-state index in [4.69, 9.17) is 4.74 Å². The number of hydrogen-bond donors (Lipinski definition) is 0. The minimum absolute atomic E-state index is 0.281. The molecule has 5 nitrogen and oxygen atoms in total. The van der Waals surface area contributed by atoms with Gasteiger partial charge in [-0.05, 0) is 41.9 Å². The highest BCUT2D eigenvalue weighted by molar-refractivity contribution is 6.33. The van der Waals surface area contributed by atoms with Gasteiger partial charge in [0.25, 0.3) is 0 Å². The summed E-state index contributed by atoms with van der Waals surface area (Å²) in [5.41, 5.74) is 2.49. The van der Waals surface area contributed by atoms with Crippen LogP contribution >= 0.6 is 0 Å². The highest BCUT2D eigenvalue weighted by Gasteiger charge is 2.17. The molecule has 0 aliphatic rings. The number of methoxy groups -OCH3 is 1. The molecule has 0 spiro atoms. The molecule has 5 heteroatoms. The Hall–Kier alpha value is -3.26. The van der Waals surface area contributed by atoms with E-state index in [0.717, 1.165) is 16.7 Å². The smallest absolute Gasteiger partial charge is 0.397 e. The van der Waals surface area contributed by atoms with E-state index in [-0.39, 0.29) is 5.90 Å². The molecular weight excluding hydrogens is 306 g/mol. The maximum Gasteiger partial charge on any atom is 0.397 e. The molecule has 0 amide bonds. The quantitative estimate of drug-likeness (QED) is 0.280. The van der Waals surface area contributed by atoms with E-state index in [1.54, 1.807) is 6.07 Å². The van der Waals surface area contributed by atoms with Crippen molar-refractivity contribution >= 4 is 11.9 Å². The molecule has 0 N–H and O–H groups in total. The molecule has 0 aliphatic heterocycles. The second-order valence-electron chi connectivity index (χ2n) is 4.77. The van der Waals surface area contributed by atoms with Crippen LogP contribution in [-0.2, 0) is 14.4 Å². The first-order valence-corrected chi connectivity index (χ1v) is 7.19. The molecule has 0 fully saturated rings. The zero-order valence-corrected chi connectivity index (χ0v) is 13.7. The van der Waals surface area contributed by atoms with Crippen molar-refractivity contribution in [3.8, 4) is 17.6 Å². The van der Waals surface area contributed by atoms with Gasteiger partial charge in [-0.25, -0.2) is 4.79 Å². The maximum atomic E-state index is 11.6. The van der Waals surface area contributed by atoms with Gasteiger partial charge in [0.1, 0.15) is 12.9 Å². The van der Waals surface area contributed by atoms with Gasteiger partial charge in [-0.1, -0.05) is 36.1 Å².